The van der Waals surface area contributed by atoms with Gasteiger partial charge in [0.05, 0.1) is 12.1 Å². The fourth-order valence-corrected chi connectivity index (χ4v) is 1.73. The van der Waals surface area contributed by atoms with Crippen LogP contribution in [-0.2, 0) is 15.2 Å². The van der Waals surface area contributed by atoms with Gasteiger partial charge in [0.1, 0.15) is 5.82 Å². The summed E-state index contributed by atoms with van der Waals surface area (Å²) in [7, 11) is 0. The molecule has 1 heterocycles. The molecule has 0 fully saturated rings. The molecule has 0 spiro atoms. The molecule has 1 amide bonds. The number of anilines is 1. The Balaban J connectivity index is 2.55. The number of hydrogen-bond donors (Lipinski definition) is 3. The number of para-hydroxylation sites is 1. The maximum atomic E-state index is 13.3. The molecule has 0 saturated heterocycles. The van der Waals surface area contributed by atoms with E-state index in [4.69, 9.17) is 5.11 Å². The Morgan fingerprint density at radius 3 is 2.81 bits per heavy atom. The van der Waals surface area contributed by atoms with Crippen LogP contribution in [0.4, 0.5) is 10.1 Å². The van der Waals surface area contributed by atoms with Crippen LogP contribution in [0, 0.1) is 5.82 Å². The zero-order valence-corrected chi connectivity index (χ0v) is 8.03. The van der Waals surface area contributed by atoms with Gasteiger partial charge in [-0.25, -0.2) is 4.39 Å². The second kappa shape index (κ2) is 3.28. The van der Waals surface area contributed by atoms with E-state index in [0.29, 0.717) is 0 Å². The lowest BCUT2D eigenvalue weighted by Crippen LogP contribution is -2.36. The molecular formula is C10H8FNO4. The monoisotopic (exact) mass is 225 g/mol. The van der Waals surface area contributed by atoms with Gasteiger partial charge in [0, 0.05) is 5.56 Å². The van der Waals surface area contributed by atoms with Crippen molar-refractivity contribution >= 4 is 17.6 Å². The summed E-state index contributed by atoms with van der Waals surface area (Å²) in [6.07, 6.45) is -0.796. The highest BCUT2D eigenvalue weighted by molar-refractivity contribution is 6.06. The molecule has 0 saturated carbocycles. The van der Waals surface area contributed by atoms with Gasteiger partial charge in [0.25, 0.3) is 5.91 Å². The van der Waals surface area contributed by atoms with Gasteiger partial charge in [0.2, 0.25) is 0 Å². The summed E-state index contributed by atoms with van der Waals surface area (Å²) in [5.41, 5.74) is -2.39. The summed E-state index contributed by atoms with van der Waals surface area (Å²) >= 11 is 0. The normalized spacial score (nSPS) is 22.8. The molecule has 1 aliphatic rings. The first kappa shape index (κ1) is 10.6. The molecular weight excluding hydrogens is 217 g/mol. The molecule has 84 valence electrons. The quantitative estimate of drug-likeness (QED) is 0.681. The van der Waals surface area contributed by atoms with Crippen LogP contribution in [0.2, 0.25) is 0 Å². The first-order chi connectivity index (χ1) is 7.45. The third-order valence-electron chi connectivity index (χ3n) is 2.48. The van der Waals surface area contributed by atoms with E-state index in [1.165, 1.54) is 12.1 Å². The van der Waals surface area contributed by atoms with Crippen LogP contribution >= 0.6 is 0 Å². The molecule has 1 aliphatic heterocycles. The molecule has 3 N–H and O–H groups in total. The Labute approximate surface area is 89.5 Å². The predicted molar refractivity (Wildman–Crippen MR) is 51.2 cm³/mol. The minimum Gasteiger partial charge on any atom is -0.481 e. The maximum Gasteiger partial charge on any atom is 0.307 e. The van der Waals surface area contributed by atoms with Gasteiger partial charge in [-0.2, -0.15) is 0 Å². The number of benzene rings is 1. The van der Waals surface area contributed by atoms with Crippen molar-refractivity contribution in [2.24, 2.45) is 0 Å². The van der Waals surface area contributed by atoms with Gasteiger partial charge < -0.3 is 15.5 Å². The Morgan fingerprint density at radius 2 is 2.19 bits per heavy atom. The Hall–Kier alpha value is -1.95. The van der Waals surface area contributed by atoms with Crippen molar-refractivity contribution in [1.29, 1.82) is 0 Å². The molecule has 1 unspecified atom stereocenters. The minimum atomic E-state index is -2.19. The molecule has 0 bridgehead atoms. The first-order valence-electron chi connectivity index (χ1n) is 4.50. The van der Waals surface area contributed by atoms with Gasteiger partial charge in [-0.3, -0.25) is 9.59 Å². The van der Waals surface area contributed by atoms with E-state index in [9.17, 15) is 19.1 Å². The molecule has 5 nitrogen and oxygen atoms in total. The van der Waals surface area contributed by atoms with Crippen molar-refractivity contribution in [1.82, 2.24) is 0 Å². The molecule has 2 rings (SSSR count). The van der Waals surface area contributed by atoms with Crippen LogP contribution < -0.4 is 5.32 Å². The molecule has 6 heteroatoms. The molecule has 0 aliphatic carbocycles. The number of fused-ring (bicyclic) bond motifs is 1. The topological polar surface area (TPSA) is 86.6 Å². The minimum absolute atomic E-state index is 0.0418. The SMILES string of the molecule is O=C(O)CC1(O)C(=O)Nc2c(F)cccc21. The third kappa shape index (κ3) is 1.35. The van der Waals surface area contributed by atoms with Crippen molar-refractivity contribution in [2.45, 2.75) is 12.0 Å². The van der Waals surface area contributed by atoms with E-state index < -0.39 is 29.7 Å². The number of amides is 1. The number of carboxylic acid groups (broad SMARTS) is 1. The second-order valence-corrected chi connectivity index (χ2v) is 3.55. The fraction of sp³-hybridized carbons (Fsp3) is 0.200. The van der Waals surface area contributed by atoms with E-state index in [2.05, 4.69) is 5.32 Å². The number of nitrogens with one attached hydrogen (secondary N) is 1. The lowest BCUT2D eigenvalue weighted by atomic mass is 9.92. The number of carbonyl (C=O) groups is 2. The first-order valence-corrected chi connectivity index (χ1v) is 4.50. The van der Waals surface area contributed by atoms with E-state index in [-0.39, 0.29) is 11.3 Å². The Bertz CT molecular complexity index is 488. The second-order valence-electron chi connectivity index (χ2n) is 3.55. The zero-order valence-electron chi connectivity index (χ0n) is 8.03. The molecule has 0 radical (unpaired) electrons. The summed E-state index contributed by atoms with van der Waals surface area (Å²) in [6.45, 7) is 0. The Kier molecular flexibility index (Phi) is 2.16. The van der Waals surface area contributed by atoms with Gasteiger partial charge >= 0.3 is 5.97 Å². The highest BCUT2D eigenvalue weighted by atomic mass is 19.1. The van der Waals surface area contributed by atoms with E-state index in [1.54, 1.807) is 0 Å². The Morgan fingerprint density at radius 1 is 1.50 bits per heavy atom. The smallest absolute Gasteiger partial charge is 0.307 e. The largest absolute Gasteiger partial charge is 0.481 e. The van der Waals surface area contributed by atoms with Crippen molar-refractivity contribution in [3.63, 3.8) is 0 Å². The number of aliphatic carboxylic acids is 1. The molecule has 1 atom stereocenters. The van der Waals surface area contributed by atoms with Crippen LogP contribution in [0.25, 0.3) is 0 Å². The zero-order chi connectivity index (χ0) is 11.9. The van der Waals surface area contributed by atoms with Crippen LogP contribution in [0.15, 0.2) is 18.2 Å². The number of aliphatic hydroxyl groups is 1. The fourth-order valence-electron chi connectivity index (χ4n) is 1.73. The highest BCUT2D eigenvalue weighted by Crippen LogP contribution is 2.39. The van der Waals surface area contributed by atoms with Gasteiger partial charge in [-0.15, -0.1) is 0 Å². The summed E-state index contributed by atoms with van der Waals surface area (Å²) in [4.78, 5) is 22.0. The molecule has 1 aromatic carbocycles. The van der Waals surface area contributed by atoms with Gasteiger partial charge in [0.15, 0.2) is 5.60 Å². The van der Waals surface area contributed by atoms with Crippen molar-refractivity contribution in [2.75, 3.05) is 5.32 Å². The number of hydrogen-bond acceptors (Lipinski definition) is 3. The molecule has 0 aromatic heterocycles. The maximum absolute atomic E-state index is 13.3. The summed E-state index contributed by atoms with van der Waals surface area (Å²) in [6, 6.07) is 3.74. The van der Waals surface area contributed by atoms with Gasteiger partial charge in [-0.05, 0) is 6.07 Å². The van der Waals surface area contributed by atoms with Crippen molar-refractivity contribution in [3.05, 3.63) is 29.6 Å². The van der Waals surface area contributed by atoms with Crippen LogP contribution in [-0.4, -0.2) is 22.1 Å². The molecule has 1 aromatic rings. The van der Waals surface area contributed by atoms with E-state index in [0.717, 1.165) is 6.07 Å². The number of halogens is 1. The van der Waals surface area contributed by atoms with Gasteiger partial charge in [-0.1, -0.05) is 12.1 Å². The number of rotatable bonds is 2. The lowest BCUT2D eigenvalue weighted by molar-refractivity contribution is -0.149. The molecule has 16 heavy (non-hydrogen) atoms. The van der Waals surface area contributed by atoms with E-state index in [1.807, 2.05) is 0 Å². The summed E-state index contributed by atoms with van der Waals surface area (Å²) in [5, 5.41) is 20.7. The van der Waals surface area contributed by atoms with Crippen molar-refractivity contribution in [3.8, 4) is 0 Å². The predicted octanol–water partition coefficient (Wildman–Crippen LogP) is 0.440. The van der Waals surface area contributed by atoms with Crippen LogP contribution in [0.5, 0.6) is 0 Å². The van der Waals surface area contributed by atoms with Crippen LogP contribution in [0.3, 0.4) is 0 Å². The van der Waals surface area contributed by atoms with Crippen LogP contribution in [0.1, 0.15) is 12.0 Å². The average Bonchev–Trinajstić information content (AvgIpc) is 2.41. The highest BCUT2D eigenvalue weighted by Gasteiger charge is 2.47. The summed E-state index contributed by atoms with van der Waals surface area (Å²) in [5.74, 6) is -2.96. The van der Waals surface area contributed by atoms with E-state index >= 15 is 0 Å². The third-order valence-corrected chi connectivity index (χ3v) is 2.48. The van der Waals surface area contributed by atoms with Crippen molar-refractivity contribution < 1.29 is 24.2 Å². The summed E-state index contributed by atoms with van der Waals surface area (Å²) < 4.78 is 13.3. The standard InChI is InChI=1S/C10H8FNO4/c11-6-3-1-2-5-8(6)12-9(15)10(5,16)4-7(13)14/h1-3,16H,4H2,(H,12,15)(H,13,14). The number of carbonyl (C=O) groups excluding carboxylic acids is 1. The lowest BCUT2D eigenvalue weighted by Gasteiger charge is -2.17. The number of carboxylic acids is 1. The average molecular weight is 225 g/mol.